The van der Waals surface area contributed by atoms with E-state index in [1.807, 2.05) is 27.8 Å². The average molecular weight is 298 g/mol. The Balaban J connectivity index is 2.23. The van der Waals surface area contributed by atoms with Crippen LogP contribution in [0.1, 0.15) is 40.0 Å². The summed E-state index contributed by atoms with van der Waals surface area (Å²) in [5.74, 6) is 0.520. The zero-order valence-corrected chi connectivity index (χ0v) is 13.8. The molecule has 1 aliphatic heterocycles. The van der Waals surface area contributed by atoms with E-state index in [1.165, 1.54) is 6.42 Å². The first kappa shape index (κ1) is 17.9. The van der Waals surface area contributed by atoms with Gasteiger partial charge in [-0.1, -0.05) is 0 Å². The number of urea groups is 1. The van der Waals surface area contributed by atoms with Crippen molar-refractivity contribution in [1.29, 1.82) is 0 Å². The van der Waals surface area contributed by atoms with Crippen molar-refractivity contribution in [3.63, 3.8) is 0 Å². The lowest BCUT2D eigenvalue weighted by Crippen LogP contribution is -2.51. The molecule has 1 aliphatic rings. The lowest BCUT2D eigenvalue weighted by molar-refractivity contribution is -0.121. The third-order valence-electron chi connectivity index (χ3n) is 3.62. The van der Waals surface area contributed by atoms with Crippen molar-refractivity contribution in [3.8, 4) is 0 Å². The van der Waals surface area contributed by atoms with Crippen LogP contribution in [0.5, 0.6) is 0 Å². The number of amides is 3. The molecule has 0 unspecified atom stereocenters. The monoisotopic (exact) mass is 298 g/mol. The van der Waals surface area contributed by atoms with E-state index in [0.717, 1.165) is 38.4 Å². The van der Waals surface area contributed by atoms with Crippen LogP contribution in [0.4, 0.5) is 4.79 Å². The second-order valence-electron chi connectivity index (χ2n) is 6.86. The number of imide groups is 1. The third kappa shape index (κ3) is 8.02. The Morgan fingerprint density at radius 2 is 1.81 bits per heavy atom. The van der Waals surface area contributed by atoms with E-state index in [-0.39, 0.29) is 11.4 Å². The van der Waals surface area contributed by atoms with Crippen molar-refractivity contribution < 1.29 is 9.59 Å². The fourth-order valence-corrected chi connectivity index (χ4v) is 2.52. The van der Waals surface area contributed by atoms with Gasteiger partial charge in [0.2, 0.25) is 5.91 Å². The van der Waals surface area contributed by atoms with Crippen molar-refractivity contribution in [2.75, 3.05) is 33.2 Å². The molecule has 1 rings (SSSR count). The number of likely N-dealkylation sites (tertiary alicyclic amines) is 1. The maximum Gasteiger partial charge on any atom is 0.321 e. The molecule has 122 valence electrons. The van der Waals surface area contributed by atoms with Gasteiger partial charge in [-0.3, -0.25) is 15.0 Å². The summed E-state index contributed by atoms with van der Waals surface area (Å²) in [7, 11) is 1.97. The first-order chi connectivity index (χ1) is 9.80. The van der Waals surface area contributed by atoms with E-state index < -0.39 is 6.03 Å². The second-order valence-corrected chi connectivity index (χ2v) is 6.86. The van der Waals surface area contributed by atoms with Crippen LogP contribution in [0.2, 0.25) is 0 Å². The molecule has 0 spiro atoms. The highest BCUT2D eigenvalue weighted by atomic mass is 16.2. The van der Waals surface area contributed by atoms with E-state index >= 15 is 0 Å². The molecule has 0 aromatic heterocycles. The molecule has 1 fully saturated rings. The highest BCUT2D eigenvalue weighted by Crippen LogP contribution is 2.19. The van der Waals surface area contributed by atoms with Gasteiger partial charge in [-0.25, -0.2) is 4.79 Å². The number of hydrogen-bond acceptors (Lipinski definition) is 4. The van der Waals surface area contributed by atoms with Gasteiger partial charge in [0, 0.05) is 5.54 Å². The molecule has 0 radical (unpaired) electrons. The second kappa shape index (κ2) is 8.34. The summed E-state index contributed by atoms with van der Waals surface area (Å²) in [6.45, 7) is 8.87. The molecule has 0 atom stereocenters. The topological polar surface area (TPSA) is 73.5 Å². The van der Waals surface area contributed by atoms with Gasteiger partial charge in [0.1, 0.15) is 0 Å². The Morgan fingerprint density at radius 3 is 2.33 bits per heavy atom. The highest BCUT2D eigenvalue weighted by molar-refractivity contribution is 5.95. The molecule has 21 heavy (non-hydrogen) atoms. The van der Waals surface area contributed by atoms with Gasteiger partial charge < -0.3 is 10.6 Å². The number of piperidine rings is 1. The number of rotatable bonds is 5. The van der Waals surface area contributed by atoms with Gasteiger partial charge in [-0.05, 0) is 72.6 Å². The summed E-state index contributed by atoms with van der Waals surface area (Å²) in [6.07, 6.45) is 3.46. The fraction of sp³-hybridized carbons (Fsp3) is 0.867. The first-order valence-corrected chi connectivity index (χ1v) is 7.79. The van der Waals surface area contributed by atoms with E-state index in [0.29, 0.717) is 6.54 Å². The molecule has 0 aliphatic carbocycles. The van der Waals surface area contributed by atoms with Crippen LogP contribution >= 0.6 is 0 Å². The normalized spacial score (nSPS) is 17.5. The van der Waals surface area contributed by atoms with Crippen LogP contribution < -0.4 is 16.0 Å². The quantitative estimate of drug-likeness (QED) is 0.706. The summed E-state index contributed by atoms with van der Waals surface area (Å²) in [5.41, 5.74) is -0.337. The number of nitrogens with zero attached hydrogens (tertiary/aromatic N) is 1. The summed E-state index contributed by atoms with van der Waals surface area (Å²) >= 11 is 0. The summed E-state index contributed by atoms with van der Waals surface area (Å²) in [4.78, 5) is 25.6. The van der Waals surface area contributed by atoms with Crippen molar-refractivity contribution in [2.24, 2.45) is 5.92 Å². The molecule has 3 amide bonds. The van der Waals surface area contributed by atoms with E-state index in [1.54, 1.807) is 0 Å². The van der Waals surface area contributed by atoms with Gasteiger partial charge in [-0.2, -0.15) is 0 Å². The van der Waals surface area contributed by atoms with Gasteiger partial charge in [0.05, 0.1) is 6.54 Å². The number of hydrogen-bond donors (Lipinski definition) is 3. The van der Waals surface area contributed by atoms with Crippen molar-refractivity contribution in [3.05, 3.63) is 0 Å². The molecule has 0 saturated carbocycles. The standard InChI is InChI=1S/C15H30N4O2/c1-15(2,3)18-14(21)17-13(20)11-19-9-6-12(7-10-19)5-8-16-4/h12,16H,5-11H2,1-4H3,(H2,17,18,20,21). The molecule has 0 bridgehead atoms. The SMILES string of the molecule is CNCCC1CCN(CC(=O)NC(=O)NC(C)(C)C)CC1. The molecule has 1 heterocycles. The maximum absolute atomic E-state index is 11.8. The third-order valence-corrected chi connectivity index (χ3v) is 3.62. The molecular formula is C15H30N4O2. The predicted molar refractivity (Wildman–Crippen MR) is 84.1 cm³/mol. The van der Waals surface area contributed by atoms with E-state index in [9.17, 15) is 9.59 Å². The maximum atomic E-state index is 11.8. The van der Waals surface area contributed by atoms with E-state index in [4.69, 9.17) is 0 Å². The summed E-state index contributed by atoms with van der Waals surface area (Å²) < 4.78 is 0. The lowest BCUT2D eigenvalue weighted by atomic mass is 9.93. The molecule has 1 saturated heterocycles. The lowest BCUT2D eigenvalue weighted by Gasteiger charge is -2.31. The Labute approximate surface area is 128 Å². The van der Waals surface area contributed by atoms with Gasteiger partial charge >= 0.3 is 6.03 Å². The van der Waals surface area contributed by atoms with Crippen molar-refractivity contribution >= 4 is 11.9 Å². The van der Waals surface area contributed by atoms with Gasteiger partial charge in [0.15, 0.2) is 0 Å². The number of nitrogens with one attached hydrogen (secondary N) is 3. The average Bonchev–Trinajstić information content (AvgIpc) is 2.35. The summed E-state index contributed by atoms with van der Waals surface area (Å²) in [5, 5.41) is 8.29. The Kier molecular flexibility index (Phi) is 7.11. The molecular weight excluding hydrogens is 268 g/mol. The highest BCUT2D eigenvalue weighted by Gasteiger charge is 2.22. The van der Waals surface area contributed by atoms with Gasteiger partial charge in [-0.15, -0.1) is 0 Å². The first-order valence-electron chi connectivity index (χ1n) is 7.79. The number of carbonyl (C=O) groups excluding carboxylic acids is 2. The summed E-state index contributed by atoms with van der Waals surface area (Å²) in [6, 6.07) is -0.420. The van der Waals surface area contributed by atoms with Crippen LogP contribution in [0.25, 0.3) is 0 Å². The Bertz CT molecular complexity index is 344. The minimum absolute atomic E-state index is 0.231. The molecule has 0 aromatic rings. The smallest absolute Gasteiger partial charge is 0.321 e. The fourth-order valence-electron chi connectivity index (χ4n) is 2.52. The molecule has 6 nitrogen and oxygen atoms in total. The minimum Gasteiger partial charge on any atom is -0.333 e. The minimum atomic E-state index is -0.420. The van der Waals surface area contributed by atoms with Crippen molar-refractivity contribution in [2.45, 2.75) is 45.6 Å². The van der Waals surface area contributed by atoms with Crippen molar-refractivity contribution in [1.82, 2.24) is 20.9 Å². The van der Waals surface area contributed by atoms with Crippen LogP contribution in [-0.2, 0) is 4.79 Å². The van der Waals surface area contributed by atoms with Crippen LogP contribution in [0.15, 0.2) is 0 Å². The van der Waals surface area contributed by atoms with Crippen LogP contribution in [-0.4, -0.2) is 55.6 Å². The number of carbonyl (C=O) groups is 2. The predicted octanol–water partition coefficient (Wildman–Crippen LogP) is 0.932. The molecule has 6 heteroatoms. The zero-order chi connectivity index (χ0) is 15.9. The zero-order valence-electron chi connectivity index (χ0n) is 13.8. The largest absolute Gasteiger partial charge is 0.333 e. The van der Waals surface area contributed by atoms with Gasteiger partial charge in [0.25, 0.3) is 0 Å². The van der Waals surface area contributed by atoms with E-state index in [2.05, 4.69) is 20.9 Å². The van der Waals surface area contributed by atoms with Crippen LogP contribution in [0.3, 0.4) is 0 Å². The Hall–Kier alpha value is -1.14. The Morgan fingerprint density at radius 1 is 1.19 bits per heavy atom. The molecule has 3 N–H and O–H groups in total. The molecule has 0 aromatic carbocycles. The van der Waals surface area contributed by atoms with Crippen LogP contribution in [0, 0.1) is 5.92 Å².